The van der Waals surface area contributed by atoms with Crippen molar-refractivity contribution in [1.29, 1.82) is 0 Å². The first-order chi connectivity index (χ1) is 17.5. The minimum Gasteiger partial charge on any atom is -0.378 e. The molecule has 0 unspecified atom stereocenters. The van der Waals surface area contributed by atoms with Crippen LogP contribution in [0, 0.1) is 5.82 Å². The molecule has 0 amide bonds. The minimum absolute atomic E-state index is 0.0286. The lowest BCUT2D eigenvalue weighted by atomic mass is 10.2. The van der Waals surface area contributed by atoms with Gasteiger partial charge in [-0.25, -0.2) is 33.1 Å². The average Bonchev–Trinajstić information content (AvgIpc) is 2.90. The van der Waals surface area contributed by atoms with Crippen LogP contribution in [0.2, 0.25) is 0 Å². The highest BCUT2D eigenvalue weighted by molar-refractivity contribution is 5.61. The minimum atomic E-state index is -3.05. The maximum Gasteiger partial charge on any atom is 0.283 e. The van der Waals surface area contributed by atoms with Crippen molar-refractivity contribution in [3.63, 3.8) is 0 Å². The summed E-state index contributed by atoms with van der Waals surface area (Å²) in [5.41, 5.74) is 1.03. The molecule has 36 heavy (non-hydrogen) atoms. The fourth-order valence-electron chi connectivity index (χ4n) is 3.61. The van der Waals surface area contributed by atoms with Crippen molar-refractivity contribution in [1.82, 2.24) is 24.9 Å². The molecule has 9 nitrogen and oxygen atoms in total. The number of anilines is 5. The van der Waals surface area contributed by atoms with E-state index < -0.39 is 17.9 Å². The Hall–Kier alpha value is -4.32. The van der Waals surface area contributed by atoms with Crippen LogP contribution in [-0.4, -0.2) is 51.2 Å². The van der Waals surface area contributed by atoms with Crippen LogP contribution in [0.1, 0.15) is 12.1 Å². The quantitative estimate of drug-likeness (QED) is 0.378. The highest BCUT2D eigenvalue weighted by Crippen LogP contribution is 2.25. The molecular formula is C24H21F3N8O. The topological polar surface area (TPSA) is 101 Å². The molecule has 4 heterocycles. The standard InChI is InChI=1S/C24H21F3N8O/c25-17-5-6-18(31-21(17)22(26)27)23-28-9-7-19(33-23)32-20-8-10-29-24(34-20)30-15-1-3-16(4-2-15)35-11-13-36-14-12-35/h1-10,22H,11-14H2,(H2,28,29,30,32,33,34). The normalized spacial score (nSPS) is 13.6. The van der Waals surface area contributed by atoms with Gasteiger partial charge in [0, 0.05) is 36.9 Å². The van der Waals surface area contributed by atoms with E-state index in [1.165, 1.54) is 12.3 Å². The second-order valence-electron chi connectivity index (χ2n) is 7.79. The third-order valence-electron chi connectivity index (χ3n) is 5.38. The molecule has 1 fully saturated rings. The van der Waals surface area contributed by atoms with Crippen molar-refractivity contribution in [2.45, 2.75) is 6.43 Å². The monoisotopic (exact) mass is 494 g/mol. The Morgan fingerprint density at radius 3 is 2.28 bits per heavy atom. The Morgan fingerprint density at radius 1 is 0.806 bits per heavy atom. The number of rotatable bonds is 7. The summed E-state index contributed by atoms with van der Waals surface area (Å²) < 4.78 is 45.0. The van der Waals surface area contributed by atoms with Gasteiger partial charge in [-0.05, 0) is 48.5 Å². The summed E-state index contributed by atoms with van der Waals surface area (Å²) in [4.78, 5) is 23.0. The number of alkyl halides is 2. The van der Waals surface area contributed by atoms with Crippen molar-refractivity contribution in [3.8, 4) is 11.5 Å². The third-order valence-corrected chi connectivity index (χ3v) is 5.38. The lowest BCUT2D eigenvalue weighted by Crippen LogP contribution is -2.36. The molecule has 4 aromatic rings. The molecule has 12 heteroatoms. The van der Waals surface area contributed by atoms with Crippen LogP contribution in [0.15, 0.2) is 60.9 Å². The summed E-state index contributed by atoms with van der Waals surface area (Å²) in [7, 11) is 0. The number of morpholine rings is 1. The molecule has 0 aliphatic carbocycles. The molecule has 0 bridgehead atoms. The fraction of sp³-hybridized carbons (Fsp3) is 0.208. The van der Waals surface area contributed by atoms with Crippen LogP contribution >= 0.6 is 0 Å². The molecule has 1 aliphatic heterocycles. The van der Waals surface area contributed by atoms with Gasteiger partial charge < -0.3 is 20.3 Å². The van der Waals surface area contributed by atoms with E-state index in [4.69, 9.17) is 4.74 Å². The molecule has 2 N–H and O–H groups in total. The molecule has 0 saturated carbocycles. The lowest BCUT2D eigenvalue weighted by Gasteiger charge is -2.28. The molecule has 1 aromatic carbocycles. The van der Waals surface area contributed by atoms with Crippen LogP contribution in [0.3, 0.4) is 0 Å². The van der Waals surface area contributed by atoms with Crippen LogP contribution in [0.5, 0.6) is 0 Å². The van der Waals surface area contributed by atoms with Crippen LogP contribution < -0.4 is 15.5 Å². The Morgan fingerprint density at radius 2 is 1.53 bits per heavy atom. The van der Waals surface area contributed by atoms with Crippen molar-refractivity contribution in [2.24, 2.45) is 0 Å². The molecule has 1 aliphatic rings. The summed E-state index contributed by atoms with van der Waals surface area (Å²) in [5.74, 6) is 0.149. The second-order valence-corrected chi connectivity index (χ2v) is 7.79. The number of benzene rings is 1. The molecule has 3 aromatic heterocycles. The zero-order chi connectivity index (χ0) is 24.9. The Bertz CT molecular complexity index is 1330. The zero-order valence-electron chi connectivity index (χ0n) is 18.9. The summed E-state index contributed by atoms with van der Waals surface area (Å²) >= 11 is 0. The Labute approximate surface area is 204 Å². The predicted molar refractivity (Wildman–Crippen MR) is 128 cm³/mol. The third kappa shape index (κ3) is 5.49. The number of pyridine rings is 1. The van der Waals surface area contributed by atoms with E-state index in [-0.39, 0.29) is 11.5 Å². The molecule has 0 radical (unpaired) electrons. The number of aromatic nitrogens is 5. The van der Waals surface area contributed by atoms with E-state index in [0.29, 0.717) is 17.6 Å². The number of hydrogen-bond acceptors (Lipinski definition) is 9. The second kappa shape index (κ2) is 10.5. The smallest absolute Gasteiger partial charge is 0.283 e. The van der Waals surface area contributed by atoms with E-state index >= 15 is 0 Å². The number of hydrogen-bond donors (Lipinski definition) is 2. The van der Waals surface area contributed by atoms with Gasteiger partial charge in [0.05, 0.1) is 13.2 Å². The first kappa shape index (κ1) is 23.4. The Balaban J connectivity index is 1.28. The van der Waals surface area contributed by atoms with Gasteiger partial charge >= 0.3 is 0 Å². The first-order valence-electron chi connectivity index (χ1n) is 11.1. The lowest BCUT2D eigenvalue weighted by molar-refractivity contribution is 0.122. The molecule has 5 rings (SSSR count). The average molecular weight is 494 g/mol. The maximum atomic E-state index is 13.6. The number of nitrogens with zero attached hydrogens (tertiary/aromatic N) is 6. The molecule has 0 spiro atoms. The van der Waals surface area contributed by atoms with Gasteiger partial charge in [0.1, 0.15) is 23.0 Å². The van der Waals surface area contributed by atoms with E-state index in [1.807, 2.05) is 24.3 Å². The number of halogens is 3. The van der Waals surface area contributed by atoms with Crippen molar-refractivity contribution in [2.75, 3.05) is 41.8 Å². The van der Waals surface area contributed by atoms with E-state index in [2.05, 4.69) is 40.5 Å². The van der Waals surface area contributed by atoms with Gasteiger partial charge in [-0.3, -0.25) is 0 Å². The molecule has 1 saturated heterocycles. The highest BCUT2D eigenvalue weighted by atomic mass is 19.3. The van der Waals surface area contributed by atoms with E-state index in [9.17, 15) is 13.2 Å². The number of ether oxygens (including phenoxy) is 1. The summed E-state index contributed by atoms with van der Waals surface area (Å²) in [6.07, 6.45) is -0.0272. The van der Waals surface area contributed by atoms with Crippen molar-refractivity contribution >= 4 is 29.0 Å². The van der Waals surface area contributed by atoms with E-state index in [0.717, 1.165) is 43.7 Å². The van der Waals surface area contributed by atoms with Gasteiger partial charge in [-0.2, -0.15) is 4.98 Å². The first-order valence-corrected chi connectivity index (χ1v) is 11.1. The SMILES string of the molecule is Fc1ccc(-c2nccc(Nc3ccnc(Nc4ccc(N5CCOCC5)cc4)n3)n2)nc1C(F)F. The van der Waals surface area contributed by atoms with E-state index in [1.54, 1.807) is 18.3 Å². The highest BCUT2D eigenvalue weighted by Gasteiger charge is 2.17. The predicted octanol–water partition coefficient (Wildman–Crippen LogP) is 4.73. The summed E-state index contributed by atoms with van der Waals surface area (Å²) in [6, 6.07) is 13.4. The van der Waals surface area contributed by atoms with Crippen LogP contribution in [-0.2, 0) is 4.74 Å². The van der Waals surface area contributed by atoms with Gasteiger partial charge in [0.25, 0.3) is 6.43 Å². The zero-order valence-corrected chi connectivity index (χ0v) is 18.9. The fourth-order valence-corrected chi connectivity index (χ4v) is 3.61. The Kier molecular flexibility index (Phi) is 6.85. The van der Waals surface area contributed by atoms with Crippen LogP contribution in [0.4, 0.5) is 42.1 Å². The van der Waals surface area contributed by atoms with Crippen molar-refractivity contribution < 1.29 is 17.9 Å². The van der Waals surface area contributed by atoms with Crippen molar-refractivity contribution in [3.05, 3.63) is 72.4 Å². The molecule has 0 atom stereocenters. The van der Waals surface area contributed by atoms with Gasteiger partial charge in [-0.15, -0.1) is 0 Å². The summed E-state index contributed by atoms with van der Waals surface area (Å²) in [5, 5.41) is 6.20. The van der Waals surface area contributed by atoms with Gasteiger partial charge in [0.2, 0.25) is 5.95 Å². The maximum absolute atomic E-state index is 13.6. The number of nitrogens with one attached hydrogen (secondary N) is 2. The summed E-state index contributed by atoms with van der Waals surface area (Å²) in [6.45, 7) is 3.16. The molecule has 184 valence electrons. The molecular weight excluding hydrogens is 473 g/mol. The van der Waals surface area contributed by atoms with Gasteiger partial charge in [0.15, 0.2) is 11.6 Å². The largest absolute Gasteiger partial charge is 0.378 e. The van der Waals surface area contributed by atoms with Gasteiger partial charge in [-0.1, -0.05) is 0 Å². The van der Waals surface area contributed by atoms with Crippen LogP contribution in [0.25, 0.3) is 11.5 Å².